The van der Waals surface area contributed by atoms with Gasteiger partial charge in [-0.15, -0.1) is 0 Å². The Labute approximate surface area is 169 Å². The standard InChI is InChI=1S/C22H23N5O2/c28-21-27-11-10-26(15-22(27,16-29-21)12-18-4-2-1-3-5-18)20-7-6-19(13-24-20)14-25-9-8-23-17-25/h1-9,13,17H,10-12,14-16H2. The topological polar surface area (TPSA) is 63.5 Å². The van der Waals surface area contributed by atoms with Gasteiger partial charge in [-0.05, 0) is 17.2 Å². The summed E-state index contributed by atoms with van der Waals surface area (Å²) in [7, 11) is 0. The first-order valence-corrected chi connectivity index (χ1v) is 9.86. The first kappa shape index (κ1) is 17.7. The van der Waals surface area contributed by atoms with Gasteiger partial charge in [0.2, 0.25) is 0 Å². The fraction of sp³-hybridized carbons (Fsp3) is 0.318. The highest BCUT2D eigenvalue weighted by Crippen LogP contribution is 2.33. The molecule has 4 heterocycles. The van der Waals surface area contributed by atoms with Crippen LogP contribution in [0.5, 0.6) is 0 Å². The zero-order chi connectivity index (χ0) is 19.7. The van der Waals surface area contributed by atoms with Crippen LogP contribution in [0, 0.1) is 0 Å². The molecule has 148 valence electrons. The van der Waals surface area contributed by atoms with Crippen molar-refractivity contribution in [2.24, 2.45) is 0 Å². The predicted molar refractivity (Wildman–Crippen MR) is 109 cm³/mol. The Kier molecular flexibility index (Phi) is 4.42. The van der Waals surface area contributed by atoms with Crippen molar-refractivity contribution in [2.45, 2.75) is 18.5 Å². The fourth-order valence-corrected chi connectivity index (χ4v) is 4.32. The Bertz CT molecular complexity index is 974. The Balaban J connectivity index is 1.36. The largest absolute Gasteiger partial charge is 0.447 e. The second-order valence-corrected chi connectivity index (χ2v) is 7.77. The Hall–Kier alpha value is -3.35. The summed E-state index contributed by atoms with van der Waals surface area (Å²) in [6.07, 6.45) is 8.01. The number of ether oxygens (including phenoxy) is 1. The van der Waals surface area contributed by atoms with E-state index in [0.29, 0.717) is 19.7 Å². The van der Waals surface area contributed by atoms with Crippen LogP contribution < -0.4 is 4.90 Å². The molecule has 0 aliphatic carbocycles. The van der Waals surface area contributed by atoms with Crippen molar-refractivity contribution < 1.29 is 9.53 Å². The van der Waals surface area contributed by atoms with Crippen molar-refractivity contribution >= 4 is 11.9 Å². The first-order valence-electron chi connectivity index (χ1n) is 9.86. The minimum Gasteiger partial charge on any atom is -0.447 e. The third kappa shape index (κ3) is 3.44. The molecule has 1 aromatic carbocycles. The molecule has 0 N–H and O–H groups in total. The molecule has 0 bridgehead atoms. The smallest absolute Gasteiger partial charge is 0.410 e. The van der Waals surface area contributed by atoms with Crippen LogP contribution in [0.1, 0.15) is 11.1 Å². The van der Waals surface area contributed by atoms with E-state index < -0.39 is 0 Å². The Morgan fingerprint density at radius 2 is 1.97 bits per heavy atom. The Morgan fingerprint density at radius 1 is 1.07 bits per heavy atom. The number of rotatable bonds is 5. The van der Waals surface area contributed by atoms with E-state index in [1.165, 1.54) is 5.56 Å². The van der Waals surface area contributed by atoms with Gasteiger partial charge in [0.1, 0.15) is 18.0 Å². The normalized spacial score (nSPS) is 21.2. The lowest BCUT2D eigenvalue weighted by Gasteiger charge is -2.45. The molecule has 0 radical (unpaired) electrons. The van der Waals surface area contributed by atoms with Gasteiger partial charge < -0.3 is 14.2 Å². The summed E-state index contributed by atoms with van der Waals surface area (Å²) in [6, 6.07) is 14.5. The third-order valence-electron chi connectivity index (χ3n) is 5.77. The van der Waals surface area contributed by atoms with E-state index in [1.807, 2.05) is 40.1 Å². The number of hydrogen-bond donors (Lipinski definition) is 0. The molecular formula is C22H23N5O2. The van der Waals surface area contributed by atoms with E-state index in [-0.39, 0.29) is 11.6 Å². The molecular weight excluding hydrogens is 366 g/mol. The van der Waals surface area contributed by atoms with Crippen molar-refractivity contribution in [3.63, 3.8) is 0 Å². The number of imidazole rings is 1. The summed E-state index contributed by atoms with van der Waals surface area (Å²) in [4.78, 5) is 25.3. The second kappa shape index (κ2) is 7.24. The molecule has 2 fully saturated rings. The predicted octanol–water partition coefficient (Wildman–Crippen LogP) is 2.58. The number of carbonyl (C=O) groups excluding carboxylic acids is 1. The van der Waals surface area contributed by atoms with Gasteiger partial charge in [-0.1, -0.05) is 36.4 Å². The number of aromatic nitrogens is 3. The molecule has 0 saturated carbocycles. The van der Waals surface area contributed by atoms with E-state index in [1.54, 1.807) is 12.5 Å². The maximum Gasteiger partial charge on any atom is 0.410 e. The molecule has 5 rings (SSSR count). The van der Waals surface area contributed by atoms with E-state index in [4.69, 9.17) is 9.72 Å². The maximum atomic E-state index is 12.3. The highest BCUT2D eigenvalue weighted by atomic mass is 16.6. The van der Waals surface area contributed by atoms with E-state index in [2.05, 4.69) is 34.1 Å². The average molecular weight is 389 g/mol. The summed E-state index contributed by atoms with van der Waals surface area (Å²) in [5, 5.41) is 0. The van der Waals surface area contributed by atoms with Crippen LogP contribution >= 0.6 is 0 Å². The number of carbonyl (C=O) groups is 1. The second-order valence-electron chi connectivity index (χ2n) is 7.77. The van der Waals surface area contributed by atoms with Gasteiger partial charge in [-0.2, -0.15) is 0 Å². The van der Waals surface area contributed by atoms with Crippen LogP contribution in [0.3, 0.4) is 0 Å². The van der Waals surface area contributed by atoms with Gasteiger partial charge in [-0.3, -0.25) is 4.90 Å². The molecule has 1 unspecified atom stereocenters. The summed E-state index contributed by atoms with van der Waals surface area (Å²) < 4.78 is 7.49. The quantitative estimate of drug-likeness (QED) is 0.671. The van der Waals surface area contributed by atoms with Crippen LogP contribution in [0.25, 0.3) is 0 Å². The SMILES string of the molecule is O=C1OCC2(Cc3ccccc3)CN(c3ccc(Cn4ccnc4)cn3)CCN12. The van der Waals surface area contributed by atoms with Crippen molar-refractivity contribution in [2.75, 3.05) is 31.1 Å². The molecule has 0 spiro atoms. The highest BCUT2D eigenvalue weighted by Gasteiger charge is 2.50. The summed E-state index contributed by atoms with van der Waals surface area (Å²) in [5.74, 6) is 0.936. The molecule has 2 aliphatic heterocycles. The number of cyclic esters (lactones) is 1. The molecule has 2 aliphatic rings. The first-order chi connectivity index (χ1) is 14.2. The molecule has 7 nitrogen and oxygen atoms in total. The number of amides is 1. The number of benzene rings is 1. The van der Waals surface area contributed by atoms with Gasteiger partial charge in [0.05, 0.1) is 6.33 Å². The van der Waals surface area contributed by atoms with Gasteiger partial charge in [-0.25, -0.2) is 14.8 Å². The van der Waals surface area contributed by atoms with Gasteiger partial charge in [0.15, 0.2) is 0 Å². The monoisotopic (exact) mass is 389 g/mol. The molecule has 29 heavy (non-hydrogen) atoms. The van der Waals surface area contributed by atoms with Crippen LogP contribution in [0.15, 0.2) is 67.4 Å². The fourth-order valence-electron chi connectivity index (χ4n) is 4.32. The van der Waals surface area contributed by atoms with E-state index in [9.17, 15) is 4.79 Å². The highest BCUT2D eigenvalue weighted by molar-refractivity contribution is 5.72. The van der Waals surface area contributed by atoms with Gasteiger partial charge in [0.25, 0.3) is 0 Å². The molecule has 2 aromatic heterocycles. The molecule has 1 amide bonds. The van der Waals surface area contributed by atoms with Crippen LogP contribution in [-0.2, 0) is 17.7 Å². The zero-order valence-corrected chi connectivity index (χ0v) is 16.1. The lowest BCUT2D eigenvalue weighted by atomic mass is 9.88. The summed E-state index contributed by atoms with van der Waals surface area (Å²) >= 11 is 0. The lowest BCUT2D eigenvalue weighted by Crippen LogP contribution is -2.62. The van der Waals surface area contributed by atoms with Crippen molar-refractivity contribution in [1.82, 2.24) is 19.4 Å². The van der Waals surface area contributed by atoms with Crippen molar-refractivity contribution in [3.05, 3.63) is 78.5 Å². The summed E-state index contributed by atoms with van der Waals surface area (Å²) in [5.41, 5.74) is 1.98. The average Bonchev–Trinajstić information content (AvgIpc) is 3.37. The van der Waals surface area contributed by atoms with Gasteiger partial charge in [0, 0.05) is 51.2 Å². The van der Waals surface area contributed by atoms with E-state index >= 15 is 0 Å². The maximum absolute atomic E-state index is 12.3. The van der Waals surface area contributed by atoms with E-state index in [0.717, 1.165) is 30.9 Å². The molecule has 1 atom stereocenters. The van der Waals surface area contributed by atoms with Crippen LogP contribution in [-0.4, -0.2) is 57.3 Å². The van der Waals surface area contributed by atoms with Crippen molar-refractivity contribution in [1.29, 1.82) is 0 Å². The number of fused-ring (bicyclic) bond motifs is 1. The number of piperazine rings is 1. The minimum absolute atomic E-state index is 0.204. The van der Waals surface area contributed by atoms with Crippen molar-refractivity contribution in [3.8, 4) is 0 Å². The Morgan fingerprint density at radius 3 is 2.72 bits per heavy atom. The summed E-state index contributed by atoms with van der Waals surface area (Å²) in [6.45, 7) is 3.27. The van der Waals surface area contributed by atoms with Gasteiger partial charge >= 0.3 is 6.09 Å². The number of anilines is 1. The molecule has 3 aromatic rings. The number of nitrogens with zero attached hydrogens (tertiary/aromatic N) is 5. The lowest BCUT2D eigenvalue weighted by molar-refractivity contribution is 0.140. The minimum atomic E-state index is -0.353. The third-order valence-corrected chi connectivity index (χ3v) is 5.77. The van der Waals surface area contributed by atoms with Crippen LogP contribution in [0.2, 0.25) is 0 Å². The number of hydrogen-bond acceptors (Lipinski definition) is 5. The molecule has 2 saturated heterocycles. The zero-order valence-electron chi connectivity index (χ0n) is 16.1. The van der Waals surface area contributed by atoms with Crippen LogP contribution in [0.4, 0.5) is 10.6 Å². The number of pyridine rings is 1. The molecule has 7 heteroatoms.